The quantitative estimate of drug-likeness (QED) is 0.394. The molecule has 162 valence electrons. The molecule has 3 aromatic carbocycles. The third-order valence-electron chi connectivity index (χ3n) is 4.29. The smallest absolute Gasteiger partial charge is 0.317 e. The number of ether oxygens (including phenoxy) is 1. The summed E-state index contributed by atoms with van der Waals surface area (Å²) in [4.78, 5) is 25.3. The van der Waals surface area contributed by atoms with Crippen LogP contribution in [0.4, 0.5) is 5.69 Å². The second kappa shape index (κ2) is 9.69. The Balaban J connectivity index is 1.56. The average molecular weight is 479 g/mol. The number of thioether (sulfide) groups is 1. The van der Waals surface area contributed by atoms with E-state index in [-0.39, 0.29) is 10.6 Å². The van der Waals surface area contributed by atoms with Gasteiger partial charge in [0.15, 0.2) is 6.10 Å². The molecule has 3 N–H and O–H groups in total. The van der Waals surface area contributed by atoms with Crippen LogP contribution in [0.2, 0.25) is 5.02 Å². The number of nitrogens with one attached hydrogen (secondary N) is 1. The number of carbonyl (C=O) groups excluding carboxylic acids is 2. The number of benzene rings is 3. The number of carbonyl (C=O) groups is 2. The lowest BCUT2D eigenvalue weighted by atomic mass is 10.1. The zero-order valence-corrected chi connectivity index (χ0v) is 18.8. The molecule has 3 aromatic rings. The predicted octanol–water partition coefficient (Wildman–Crippen LogP) is 3.80. The van der Waals surface area contributed by atoms with Crippen LogP contribution in [0.5, 0.6) is 0 Å². The van der Waals surface area contributed by atoms with Crippen molar-refractivity contribution in [2.45, 2.75) is 22.8 Å². The number of esters is 1. The van der Waals surface area contributed by atoms with E-state index in [1.54, 1.807) is 6.07 Å². The Bertz CT molecular complexity index is 1230. The summed E-state index contributed by atoms with van der Waals surface area (Å²) < 4.78 is 27.8. The van der Waals surface area contributed by atoms with Crippen molar-refractivity contribution in [3.63, 3.8) is 0 Å². The highest BCUT2D eigenvalue weighted by molar-refractivity contribution is 8.00. The largest absolute Gasteiger partial charge is 0.452 e. The summed E-state index contributed by atoms with van der Waals surface area (Å²) >= 11 is 7.57. The van der Waals surface area contributed by atoms with Crippen molar-refractivity contribution in [1.29, 1.82) is 0 Å². The van der Waals surface area contributed by atoms with Gasteiger partial charge in [-0.05, 0) is 48.7 Å². The van der Waals surface area contributed by atoms with Gasteiger partial charge in [-0.25, -0.2) is 13.6 Å². The van der Waals surface area contributed by atoms with Gasteiger partial charge in [0.05, 0.1) is 10.6 Å². The van der Waals surface area contributed by atoms with E-state index in [1.165, 1.54) is 43.0 Å². The van der Waals surface area contributed by atoms with Crippen LogP contribution >= 0.6 is 23.4 Å². The van der Waals surface area contributed by atoms with E-state index >= 15 is 0 Å². The van der Waals surface area contributed by atoms with Crippen LogP contribution in [0.3, 0.4) is 0 Å². The Hall–Kier alpha value is -2.59. The van der Waals surface area contributed by atoms with Crippen molar-refractivity contribution in [3.8, 4) is 0 Å². The van der Waals surface area contributed by atoms with Crippen molar-refractivity contribution in [2.24, 2.45) is 5.14 Å². The fourth-order valence-electron chi connectivity index (χ4n) is 2.78. The molecule has 0 radical (unpaired) electrons. The lowest BCUT2D eigenvalue weighted by Gasteiger charge is -2.14. The van der Waals surface area contributed by atoms with E-state index in [1.807, 2.05) is 30.3 Å². The third-order valence-corrected chi connectivity index (χ3v) is 6.56. The summed E-state index contributed by atoms with van der Waals surface area (Å²) in [6, 6.07) is 16.6. The lowest BCUT2D eigenvalue weighted by Crippen LogP contribution is -2.30. The number of halogens is 1. The third kappa shape index (κ3) is 5.98. The maximum absolute atomic E-state index is 12.3. The molecule has 0 fully saturated rings. The molecule has 7 nitrogen and oxygen atoms in total. The number of rotatable bonds is 7. The fraction of sp³-hybridized carbons (Fsp3) is 0.143. The summed E-state index contributed by atoms with van der Waals surface area (Å²) in [6.07, 6.45) is -1.04. The molecule has 0 aliphatic rings. The van der Waals surface area contributed by atoms with Gasteiger partial charge in [0.1, 0.15) is 0 Å². The van der Waals surface area contributed by atoms with E-state index in [2.05, 4.69) is 5.32 Å². The molecular formula is C21H19ClN2O5S2. The van der Waals surface area contributed by atoms with Crippen molar-refractivity contribution < 1.29 is 22.7 Å². The van der Waals surface area contributed by atoms with Crippen LogP contribution in [0.25, 0.3) is 10.8 Å². The van der Waals surface area contributed by atoms with Crippen LogP contribution in [-0.4, -0.2) is 32.2 Å². The fourth-order valence-corrected chi connectivity index (χ4v) is 4.52. The second-order valence-electron chi connectivity index (χ2n) is 6.57. The van der Waals surface area contributed by atoms with Crippen LogP contribution in [0, 0.1) is 0 Å². The van der Waals surface area contributed by atoms with E-state index in [4.69, 9.17) is 21.5 Å². The number of hydrogen-bond acceptors (Lipinski definition) is 6. The van der Waals surface area contributed by atoms with E-state index in [0.717, 1.165) is 15.7 Å². The minimum Gasteiger partial charge on any atom is -0.452 e. The summed E-state index contributed by atoms with van der Waals surface area (Å²) in [5.41, 5.74) is 0.347. The number of fused-ring (bicyclic) bond motifs is 1. The molecule has 1 unspecified atom stereocenters. The molecule has 0 aliphatic heterocycles. The second-order valence-corrected chi connectivity index (χ2v) is 9.56. The van der Waals surface area contributed by atoms with Gasteiger partial charge >= 0.3 is 5.97 Å². The van der Waals surface area contributed by atoms with Gasteiger partial charge in [0, 0.05) is 21.0 Å². The van der Waals surface area contributed by atoms with E-state index < -0.39 is 28.0 Å². The maximum Gasteiger partial charge on any atom is 0.317 e. The van der Waals surface area contributed by atoms with Gasteiger partial charge in [-0.1, -0.05) is 35.9 Å². The Morgan fingerprint density at radius 1 is 1.10 bits per heavy atom. The van der Waals surface area contributed by atoms with Gasteiger partial charge in [-0.3, -0.25) is 9.59 Å². The standard InChI is InChI=1S/C21H19ClN2O5S2/c1-13(21(26)24-15-8-10-16(11-9-15)31(23,27)28)29-19(25)12-30-18-7-3-5-14-4-2-6-17(22)20(14)18/h2-11,13H,12H2,1H3,(H,24,26)(H2,23,27,28). The minimum absolute atomic E-state index is 0.00497. The number of nitrogens with two attached hydrogens (primary N) is 1. The van der Waals surface area contributed by atoms with E-state index in [0.29, 0.717) is 10.7 Å². The first kappa shape index (κ1) is 23.1. The number of amides is 1. The normalized spacial score (nSPS) is 12.4. The van der Waals surface area contributed by atoms with Gasteiger partial charge in [0.2, 0.25) is 10.0 Å². The predicted molar refractivity (Wildman–Crippen MR) is 122 cm³/mol. The van der Waals surface area contributed by atoms with Crippen LogP contribution in [-0.2, 0) is 24.3 Å². The average Bonchev–Trinajstić information content (AvgIpc) is 2.72. The molecule has 1 atom stereocenters. The molecule has 0 bridgehead atoms. The highest BCUT2D eigenvalue weighted by atomic mass is 35.5. The molecule has 31 heavy (non-hydrogen) atoms. The minimum atomic E-state index is -3.82. The molecule has 1 amide bonds. The Labute approximate surface area is 189 Å². The first-order chi connectivity index (χ1) is 14.6. The van der Waals surface area contributed by atoms with Crippen LogP contribution in [0.1, 0.15) is 6.92 Å². The summed E-state index contributed by atoms with van der Waals surface area (Å²) in [5, 5.41) is 10.0. The molecule has 0 aromatic heterocycles. The molecule has 0 aliphatic carbocycles. The highest BCUT2D eigenvalue weighted by Crippen LogP contribution is 2.33. The highest BCUT2D eigenvalue weighted by Gasteiger charge is 2.19. The molecule has 3 rings (SSSR count). The monoisotopic (exact) mass is 478 g/mol. The van der Waals surface area contributed by atoms with E-state index in [9.17, 15) is 18.0 Å². The summed E-state index contributed by atoms with van der Waals surface area (Å²) in [6.45, 7) is 1.45. The summed E-state index contributed by atoms with van der Waals surface area (Å²) in [5.74, 6) is -1.10. The molecular weight excluding hydrogens is 460 g/mol. The molecule has 0 saturated heterocycles. The topological polar surface area (TPSA) is 116 Å². The van der Waals surface area contributed by atoms with Gasteiger partial charge in [0.25, 0.3) is 5.91 Å². The number of sulfonamides is 1. The van der Waals surface area contributed by atoms with Crippen LogP contribution < -0.4 is 10.5 Å². The van der Waals surface area contributed by atoms with Gasteiger partial charge < -0.3 is 10.1 Å². The number of anilines is 1. The SMILES string of the molecule is CC(OC(=O)CSc1cccc2cccc(Cl)c12)C(=O)Nc1ccc(S(N)(=O)=O)cc1. The first-order valence-corrected chi connectivity index (χ1v) is 12.0. The van der Waals surface area contributed by atoms with Gasteiger partial charge in [-0.15, -0.1) is 11.8 Å². The van der Waals surface area contributed by atoms with Crippen molar-refractivity contribution in [2.75, 3.05) is 11.1 Å². The van der Waals surface area contributed by atoms with Crippen molar-refractivity contribution in [3.05, 3.63) is 65.7 Å². The molecule has 0 spiro atoms. The number of hydrogen-bond donors (Lipinski definition) is 2. The molecule has 0 saturated carbocycles. The maximum atomic E-state index is 12.3. The Morgan fingerprint density at radius 3 is 2.39 bits per heavy atom. The Morgan fingerprint density at radius 2 is 1.74 bits per heavy atom. The molecule has 10 heteroatoms. The number of primary sulfonamides is 1. The lowest BCUT2D eigenvalue weighted by molar-refractivity contribution is -0.150. The zero-order valence-electron chi connectivity index (χ0n) is 16.4. The van der Waals surface area contributed by atoms with Crippen molar-refractivity contribution >= 4 is 61.7 Å². The van der Waals surface area contributed by atoms with Crippen LogP contribution in [0.15, 0.2) is 70.5 Å². The summed E-state index contributed by atoms with van der Waals surface area (Å²) in [7, 11) is -3.82. The Kier molecular flexibility index (Phi) is 7.22. The van der Waals surface area contributed by atoms with Crippen molar-refractivity contribution in [1.82, 2.24) is 0 Å². The molecule has 0 heterocycles. The zero-order chi connectivity index (χ0) is 22.6. The first-order valence-electron chi connectivity index (χ1n) is 9.08. The van der Waals surface area contributed by atoms with Gasteiger partial charge in [-0.2, -0.15) is 0 Å².